The summed E-state index contributed by atoms with van der Waals surface area (Å²) in [7, 11) is 0. The topological polar surface area (TPSA) is 114 Å². The van der Waals surface area contributed by atoms with E-state index < -0.39 is 24.3 Å². The van der Waals surface area contributed by atoms with Gasteiger partial charge >= 0.3 is 12.1 Å². The SMILES string of the molecule is O=C(O)/C=C/CC[C@H](Oc1ccccc1)[C@@H](OC(=O)Nc1cccc2ccccc12)c1ccccc1OCCO. The van der Waals surface area contributed by atoms with Gasteiger partial charge < -0.3 is 24.4 Å². The second-order valence-corrected chi connectivity index (χ2v) is 8.87. The first-order chi connectivity index (χ1) is 19.5. The van der Waals surface area contributed by atoms with Gasteiger partial charge in [0.1, 0.15) is 24.2 Å². The van der Waals surface area contributed by atoms with E-state index in [9.17, 15) is 14.7 Å². The molecule has 4 aromatic carbocycles. The van der Waals surface area contributed by atoms with Crippen molar-refractivity contribution < 1.29 is 34.0 Å². The Morgan fingerprint density at radius 1 is 0.875 bits per heavy atom. The minimum absolute atomic E-state index is 0.0531. The molecular weight excluding hydrogens is 510 g/mol. The van der Waals surface area contributed by atoms with Gasteiger partial charge in [0.05, 0.1) is 12.3 Å². The van der Waals surface area contributed by atoms with Gasteiger partial charge in [-0.25, -0.2) is 9.59 Å². The second kappa shape index (κ2) is 14.4. The molecule has 0 aliphatic carbocycles. The summed E-state index contributed by atoms with van der Waals surface area (Å²) in [6.45, 7) is -0.136. The van der Waals surface area contributed by atoms with Crippen LogP contribution in [-0.4, -0.2) is 41.6 Å². The standard InChI is InChI=1S/C32H31NO7/c34-21-22-38-28-18-7-6-16-26(28)31(29(19-8-9-20-30(35)36)39-24-13-2-1-3-14-24)40-32(37)33-27-17-10-12-23-11-4-5-15-25(23)27/h1-7,9-18,20,29,31,34H,8,19,21-22H2,(H,33,37)(H,35,36)/b20-9+/t29-,31-/m0/s1. The number of carbonyl (C=O) groups excluding carboxylic acids is 1. The summed E-state index contributed by atoms with van der Waals surface area (Å²) in [5, 5.41) is 23.1. The number of aliphatic carboxylic acids is 1. The molecule has 0 radical (unpaired) electrons. The van der Waals surface area contributed by atoms with Gasteiger partial charge in [-0.2, -0.15) is 0 Å². The number of carboxylic acids is 1. The maximum absolute atomic E-state index is 13.4. The fourth-order valence-corrected chi connectivity index (χ4v) is 4.32. The molecule has 0 saturated carbocycles. The van der Waals surface area contributed by atoms with Crippen LogP contribution in [-0.2, 0) is 9.53 Å². The predicted octanol–water partition coefficient (Wildman–Crippen LogP) is 6.37. The first-order valence-corrected chi connectivity index (χ1v) is 12.9. The van der Waals surface area contributed by atoms with Crippen LogP contribution in [0.1, 0.15) is 24.5 Å². The average molecular weight is 542 g/mol. The van der Waals surface area contributed by atoms with Crippen molar-refractivity contribution >= 4 is 28.5 Å². The Balaban J connectivity index is 1.68. The van der Waals surface area contributed by atoms with E-state index in [1.54, 1.807) is 42.5 Å². The molecule has 8 heteroatoms. The third kappa shape index (κ3) is 7.85. The van der Waals surface area contributed by atoms with Crippen molar-refractivity contribution in [1.82, 2.24) is 0 Å². The van der Waals surface area contributed by atoms with Gasteiger partial charge in [0.15, 0.2) is 6.10 Å². The highest BCUT2D eigenvalue weighted by Gasteiger charge is 2.31. The second-order valence-electron chi connectivity index (χ2n) is 8.87. The number of hydrogen-bond donors (Lipinski definition) is 3. The Morgan fingerprint density at radius 2 is 1.60 bits per heavy atom. The summed E-state index contributed by atoms with van der Waals surface area (Å²) in [5.41, 5.74) is 1.14. The van der Waals surface area contributed by atoms with E-state index in [-0.39, 0.29) is 13.2 Å². The first-order valence-electron chi connectivity index (χ1n) is 12.9. The monoisotopic (exact) mass is 541 g/mol. The van der Waals surface area contributed by atoms with E-state index in [1.807, 2.05) is 54.6 Å². The van der Waals surface area contributed by atoms with Crippen LogP contribution in [0.5, 0.6) is 11.5 Å². The molecule has 40 heavy (non-hydrogen) atoms. The number of ether oxygens (including phenoxy) is 3. The van der Waals surface area contributed by atoms with Gasteiger partial charge in [-0.1, -0.05) is 78.9 Å². The van der Waals surface area contributed by atoms with Gasteiger partial charge in [-0.3, -0.25) is 5.32 Å². The van der Waals surface area contributed by atoms with Crippen molar-refractivity contribution in [3.05, 3.63) is 115 Å². The molecule has 3 N–H and O–H groups in total. The number of hydrogen-bond acceptors (Lipinski definition) is 6. The highest BCUT2D eigenvalue weighted by atomic mass is 16.6. The molecule has 8 nitrogen and oxygen atoms in total. The third-order valence-corrected chi connectivity index (χ3v) is 6.08. The lowest BCUT2D eigenvalue weighted by molar-refractivity contribution is -0.131. The summed E-state index contributed by atoms with van der Waals surface area (Å²) in [5.74, 6) is -0.0562. The molecule has 0 aliphatic rings. The van der Waals surface area contributed by atoms with E-state index in [0.29, 0.717) is 35.6 Å². The van der Waals surface area contributed by atoms with Crippen LogP contribution < -0.4 is 14.8 Å². The van der Waals surface area contributed by atoms with Crippen molar-refractivity contribution in [2.24, 2.45) is 0 Å². The molecule has 1 amide bonds. The smallest absolute Gasteiger partial charge is 0.412 e. The lowest BCUT2D eigenvalue weighted by Crippen LogP contribution is -2.31. The quantitative estimate of drug-likeness (QED) is 0.169. The number of amides is 1. The largest absolute Gasteiger partial charge is 0.491 e. The van der Waals surface area contributed by atoms with Crippen LogP contribution in [0.3, 0.4) is 0 Å². The summed E-state index contributed by atoms with van der Waals surface area (Å²) < 4.78 is 18.2. The number of carboxylic acid groups (broad SMARTS) is 1. The number of fused-ring (bicyclic) bond motifs is 1. The number of nitrogens with one attached hydrogen (secondary N) is 1. The average Bonchev–Trinajstić information content (AvgIpc) is 2.97. The number of anilines is 1. The number of rotatable bonds is 13. The molecule has 0 aromatic heterocycles. The highest BCUT2D eigenvalue weighted by molar-refractivity contribution is 6.00. The lowest BCUT2D eigenvalue weighted by atomic mass is 9.99. The van der Waals surface area contributed by atoms with E-state index in [2.05, 4.69) is 5.32 Å². The van der Waals surface area contributed by atoms with Crippen LogP contribution in [0.4, 0.5) is 10.5 Å². The molecule has 0 spiro atoms. The molecule has 0 aliphatic heterocycles. The first kappa shape index (κ1) is 28.2. The van der Waals surface area contributed by atoms with Crippen molar-refractivity contribution in [2.75, 3.05) is 18.5 Å². The molecular formula is C32H31NO7. The van der Waals surface area contributed by atoms with Crippen LogP contribution in [0.2, 0.25) is 0 Å². The lowest BCUT2D eigenvalue weighted by Gasteiger charge is -2.29. The maximum atomic E-state index is 13.4. The zero-order valence-electron chi connectivity index (χ0n) is 21.8. The number of carbonyl (C=O) groups is 2. The fraction of sp³-hybridized carbons (Fsp3) is 0.188. The van der Waals surface area contributed by atoms with E-state index >= 15 is 0 Å². The number of benzene rings is 4. The molecule has 0 saturated heterocycles. The number of aliphatic hydroxyl groups is 1. The molecule has 0 unspecified atom stereocenters. The van der Waals surface area contributed by atoms with Crippen molar-refractivity contribution in [2.45, 2.75) is 25.0 Å². The Bertz CT molecular complexity index is 1430. The molecule has 0 fully saturated rings. The Labute approximate surface area is 232 Å². The predicted molar refractivity (Wildman–Crippen MR) is 153 cm³/mol. The number of allylic oxidation sites excluding steroid dienone is 1. The summed E-state index contributed by atoms with van der Waals surface area (Å²) >= 11 is 0. The van der Waals surface area contributed by atoms with Crippen LogP contribution >= 0.6 is 0 Å². The van der Waals surface area contributed by atoms with Gasteiger partial charge in [0, 0.05) is 17.0 Å². The minimum atomic E-state index is -1.05. The van der Waals surface area contributed by atoms with Crippen LogP contribution in [0, 0.1) is 0 Å². The highest BCUT2D eigenvalue weighted by Crippen LogP contribution is 2.35. The zero-order valence-corrected chi connectivity index (χ0v) is 21.8. The van der Waals surface area contributed by atoms with Crippen molar-refractivity contribution in [1.29, 1.82) is 0 Å². The zero-order chi connectivity index (χ0) is 28.2. The van der Waals surface area contributed by atoms with Crippen LogP contribution in [0.25, 0.3) is 10.8 Å². The fourth-order valence-electron chi connectivity index (χ4n) is 4.32. The number of para-hydroxylation sites is 2. The van der Waals surface area contributed by atoms with Gasteiger partial charge in [-0.05, 0) is 42.5 Å². The molecule has 206 valence electrons. The van der Waals surface area contributed by atoms with Crippen molar-refractivity contribution in [3.63, 3.8) is 0 Å². The Kier molecular flexibility index (Phi) is 10.1. The van der Waals surface area contributed by atoms with Gasteiger partial charge in [-0.15, -0.1) is 0 Å². The Morgan fingerprint density at radius 3 is 2.40 bits per heavy atom. The minimum Gasteiger partial charge on any atom is -0.491 e. The summed E-state index contributed by atoms with van der Waals surface area (Å²) in [4.78, 5) is 24.4. The molecule has 0 heterocycles. The molecule has 0 bridgehead atoms. The third-order valence-electron chi connectivity index (χ3n) is 6.08. The Hall–Kier alpha value is -4.82. The summed E-state index contributed by atoms with van der Waals surface area (Å²) in [6, 6.07) is 29.5. The van der Waals surface area contributed by atoms with E-state index in [1.165, 1.54) is 6.08 Å². The van der Waals surface area contributed by atoms with Gasteiger partial charge in [0.2, 0.25) is 0 Å². The molecule has 4 rings (SSSR count). The van der Waals surface area contributed by atoms with Crippen molar-refractivity contribution in [3.8, 4) is 11.5 Å². The molecule has 4 aromatic rings. The summed E-state index contributed by atoms with van der Waals surface area (Å²) in [6.07, 6.45) is 0.946. The number of aliphatic hydroxyl groups excluding tert-OH is 1. The normalized spacial score (nSPS) is 12.5. The van der Waals surface area contributed by atoms with E-state index in [0.717, 1.165) is 16.8 Å². The van der Waals surface area contributed by atoms with Gasteiger partial charge in [0.25, 0.3) is 0 Å². The maximum Gasteiger partial charge on any atom is 0.412 e. The van der Waals surface area contributed by atoms with E-state index in [4.69, 9.17) is 19.3 Å². The molecule has 2 atom stereocenters. The van der Waals surface area contributed by atoms with Crippen LogP contribution in [0.15, 0.2) is 109 Å².